The summed E-state index contributed by atoms with van der Waals surface area (Å²) in [6.07, 6.45) is 0.390. The van der Waals surface area contributed by atoms with Gasteiger partial charge in [0.25, 0.3) is 0 Å². The first-order chi connectivity index (χ1) is 9.24. The normalized spacial score (nSPS) is 10.8. The first-order valence-corrected chi connectivity index (χ1v) is 7.24. The molecule has 19 heavy (non-hydrogen) atoms. The average Bonchev–Trinajstić information content (AvgIpc) is 2.82. The molecule has 0 aliphatic rings. The average molecular weight is 287 g/mol. The molecule has 1 heterocycles. The van der Waals surface area contributed by atoms with Crippen molar-refractivity contribution < 1.29 is 4.79 Å². The van der Waals surface area contributed by atoms with E-state index in [2.05, 4.69) is 0 Å². The number of fused-ring (bicyclic) bond motifs is 1. The van der Waals surface area contributed by atoms with Crippen molar-refractivity contribution in [1.29, 1.82) is 0 Å². The molecule has 1 aromatic heterocycles. The minimum absolute atomic E-state index is 0.139. The van der Waals surface area contributed by atoms with E-state index in [4.69, 9.17) is 11.6 Å². The minimum Gasteiger partial charge on any atom is -0.294 e. The van der Waals surface area contributed by atoms with Crippen molar-refractivity contribution >= 4 is 38.8 Å². The summed E-state index contributed by atoms with van der Waals surface area (Å²) in [4.78, 5) is 12.4. The Labute approximate surface area is 120 Å². The van der Waals surface area contributed by atoms with Crippen LogP contribution in [0.3, 0.4) is 0 Å². The molecule has 0 bridgehead atoms. The van der Waals surface area contributed by atoms with Crippen LogP contribution in [0, 0.1) is 0 Å². The number of hydrogen-bond acceptors (Lipinski definition) is 2. The summed E-state index contributed by atoms with van der Waals surface area (Å²) in [5.41, 5.74) is 1.76. The topological polar surface area (TPSA) is 17.1 Å². The molecule has 0 N–H and O–H groups in total. The van der Waals surface area contributed by atoms with Crippen LogP contribution in [0.15, 0.2) is 53.9 Å². The van der Waals surface area contributed by atoms with Gasteiger partial charge in [-0.15, -0.1) is 11.3 Å². The Balaban J connectivity index is 1.92. The summed E-state index contributed by atoms with van der Waals surface area (Å²) >= 11 is 7.55. The standard InChI is InChI=1S/C16H11ClOS/c17-12-5-3-4-11(8-12)9-15(18)14-10-19-16-7-2-1-6-13(14)16/h1-8,10H,9H2. The molecule has 0 saturated carbocycles. The van der Waals surface area contributed by atoms with Crippen LogP contribution in [0.5, 0.6) is 0 Å². The monoisotopic (exact) mass is 286 g/mol. The predicted octanol–water partition coefficient (Wildman–Crippen LogP) is 4.98. The lowest BCUT2D eigenvalue weighted by molar-refractivity contribution is 0.0995. The lowest BCUT2D eigenvalue weighted by atomic mass is 10.0. The number of hydrogen-bond donors (Lipinski definition) is 0. The second kappa shape index (κ2) is 5.16. The molecule has 3 heteroatoms. The van der Waals surface area contributed by atoms with Gasteiger partial charge in [0.1, 0.15) is 0 Å². The summed E-state index contributed by atoms with van der Waals surface area (Å²) in [5, 5.41) is 3.65. The third-order valence-corrected chi connectivity index (χ3v) is 4.23. The van der Waals surface area contributed by atoms with Crippen molar-refractivity contribution in [2.45, 2.75) is 6.42 Å². The van der Waals surface area contributed by atoms with Gasteiger partial charge in [0.05, 0.1) is 0 Å². The molecule has 0 spiro atoms. The molecule has 2 aromatic carbocycles. The molecule has 1 nitrogen and oxygen atoms in total. The van der Waals surface area contributed by atoms with Crippen LogP contribution in [0.1, 0.15) is 15.9 Å². The van der Waals surface area contributed by atoms with Gasteiger partial charge in [0.15, 0.2) is 5.78 Å². The molecule has 0 unspecified atom stereocenters. The van der Waals surface area contributed by atoms with Crippen LogP contribution in [0.2, 0.25) is 5.02 Å². The highest BCUT2D eigenvalue weighted by Crippen LogP contribution is 2.26. The predicted molar refractivity (Wildman–Crippen MR) is 81.3 cm³/mol. The number of carbonyl (C=O) groups excluding carboxylic acids is 1. The van der Waals surface area contributed by atoms with E-state index in [0.717, 1.165) is 21.2 Å². The molecule has 0 atom stereocenters. The van der Waals surface area contributed by atoms with Gasteiger partial charge >= 0.3 is 0 Å². The van der Waals surface area contributed by atoms with Gasteiger partial charge in [-0.3, -0.25) is 4.79 Å². The third-order valence-electron chi connectivity index (χ3n) is 3.04. The van der Waals surface area contributed by atoms with E-state index in [1.807, 2.05) is 53.9 Å². The Morgan fingerprint density at radius 3 is 2.79 bits per heavy atom. The van der Waals surface area contributed by atoms with Crippen molar-refractivity contribution in [3.05, 3.63) is 70.1 Å². The maximum atomic E-state index is 12.4. The molecule has 3 rings (SSSR count). The Bertz CT molecular complexity index is 745. The fraction of sp³-hybridized carbons (Fsp3) is 0.0625. The first-order valence-electron chi connectivity index (χ1n) is 5.98. The third kappa shape index (κ3) is 2.55. The molecular weight excluding hydrogens is 276 g/mol. The number of benzene rings is 2. The smallest absolute Gasteiger partial charge is 0.168 e. The molecule has 3 aromatic rings. The van der Waals surface area contributed by atoms with Gasteiger partial charge < -0.3 is 0 Å². The number of ketones is 1. The van der Waals surface area contributed by atoms with E-state index in [0.29, 0.717) is 11.4 Å². The summed E-state index contributed by atoms with van der Waals surface area (Å²) in [7, 11) is 0. The Hall–Kier alpha value is -1.64. The van der Waals surface area contributed by atoms with Crippen LogP contribution >= 0.6 is 22.9 Å². The lowest BCUT2D eigenvalue weighted by Crippen LogP contribution is -2.02. The molecule has 0 amide bonds. The highest BCUT2D eigenvalue weighted by Gasteiger charge is 2.12. The molecular formula is C16H11ClOS. The maximum absolute atomic E-state index is 12.4. The summed E-state index contributed by atoms with van der Waals surface area (Å²) in [6, 6.07) is 15.4. The van der Waals surface area contributed by atoms with Gasteiger partial charge in [-0.25, -0.2) is 0 Å². The van der Waals surface area contributed by atoms with Crippen molar-refractivity contribution in [1.82, 2.24) is 0 Å². The van der Waals surface area contributed by atoms with Crippen molar-refractivity contribution in [2.75, 3.05) is 0 Å². The summed E-state index contributed by atoms with van der Waals surface area (Å²) < 4.78 is 1.15. The molecule has 0 aliphatic heterocycles. The zero-order valence-corrected chi connectivity index (χ0v) is 11.7. The minimum atomic E-state index is 0.139. The van der Waals surface area contributed by atoms with Crippen molar-refractivity contribution in [3.8, 4) is 0 Å². The van der Waals surface area contributed by atoms with E-state index < -0.39 is 0 Å². The van der Waals surface area contributed by atoms with E-state index in [-0.39, 0.29) is 5.78 Å². The zero-order valence-electron chi connectivity index (χ0n) is 10.1. The van der Waals surface area contributed by atoms with Crippen LogP contribution in [-0.2, 0) is 6.42 Å². The SMILES string of the molecule is O=C(Cc1cccc(Cl)c1)c1csc2ccccc12. The Morgan fingerprint density at radius 2 is 1.95 bits per heavy atom. The Kier molecular flexibility index (Phi) is 3.36. The summed E-state index contributed by atoms with van der Waals surface area (Å²) in [5.74, 6) is 0.139. The summed E-state index contributed by atoms with van der Waals surface area (Å²) in [6.45, 7) is 0. The highest BCUT2D eigenvalue weighted by molar-refractivity contribution is 7.17. The van der Waals surface area contributed by atoms with E-state index in [1.54, 1.807) is 11.3 Å². The Morgan fingerprint density at radius 1 is 1.11 bits per heavy atom. The van der Waals surface area contributed by atoms with Gasteiger partial charge in [0, 0.05) is 32.5 Å². The number of Topliss-reactive ketones (excluding diaryl/α,β-unsaturated/α-hetero) is 1. The van der Waals surface area contributed by atoms with Crippen molar-refractivity contribution in [3.63, 3.8) is 0 Å². The van der Waals surface area contributed by atoms with Gasteiger partial charge in [-0.2, -0.15) is 0 Å². The quantitative estimate of drug-likeness (QED) is 0.621. The highest BCUT2D eigenvalue weighted by atomic mass is 35.5. The van der Waals surface area contributed by atoms with Crippen LogP contribution in [-0.4, -0.2) is 5.78 Å². The van der Waals surface area contributed by atoms with E-state index in [9.17, 15) is 4.79 Å². The van der Waals surface area contributed by atoms with Crippen molar-refractivity contribution in [2.24, 2.45) is 0 Å². The first kappa shape index (κ1) is 12.4. The fourth-order valence-corrected chi connectivity index (χ4v) is 3.30. The van der Waals surface area contributed by atoms with Gasteiger partial charge in [-0.05, 0) is 23.8 Å². The van der Waals surface area contributed by atoms with Gasteiger partial charge in [-0.1, -0.05) is 41.9 Å². The molecule has 94 valence electrons. The zero-order chi connectivity index (χ0) is 13.2. The number of carbonyl (C=O) groups is 1. The maximum Gasteiger partial charge on any atom is 0.168 e. The van der Waals surface area contributed by atoms with Crippen LogP contribution < -0.4 is 0 Å². The van der Waals surface area contributed by atoms with Crippen LogP contribution in [0.4, 0.5) is 0 Å². The molecule has 0 saturated heterocycles. The number of thiophene rings is 1. The van der Waals surface area contributed by atoms with E-state index in [1.165, 1.54) is 0 Å². The second-order valence-electron chi connectivity index (χ2n) is 4.38. The largest absolute Gasteiger partial charge is 0.294 e. The van der Waals surface area contributed by atoms with Gasteiger partial charge in [0.2, 0.25) is 0 Å². The molecule has 0 radical (unpaired) electrons. The fourth-order valence-electron chi connectivity index (χ4n) is 2.12. The number of halogens is 1. The van der Waals surface area contributed by atoms with Crippen LogP contribution in [0.25, 0.3) is 10.1 Å². The number of rotatable bonds is 3. The second-order valence-corrected chi connectivity index (χ2v) is 5.72. The molecule has 0 aliphatic carbocycles. The lowest BCUT2D eigenvalue weighted by Gasteiger charge is -2.01. The van der Waals surface area contributed by atoms with E-state index >= 15 is 0 Å². The molecule has 0 fully saturated rings.